The van der Waals surface area contributed by atoms with Crippen molar-refractivity contribution in [1.29, 1.82) is 0 Å². The lowest BCUT2D eigenvalue weighted by Gasteiger charge is -2.14. The molecule has 1 atom stereocenters. The summed E-state index contributed by atoms with van der Waals surface area (Å²) in [6, 6.07) is 15.6. The van der Waals surface area contributed by atoms with Crippen LogP contribution in [-0.2, 0) is 0 Å². The van der Waals surface area contributed by atoms with Gasteiger partial charge in [-0.2, -0.15) is 0 Å². The van der Waals surface area contributed by atoms with E-state index in [1.807, 2.05) is 55.5 Å². The fourth-order valence-corrected chi connectivity index (χ4v) is 2.33. The SMILES string of the molecule is C[C@@H](N)c1cc(Br)ccc1OCCCOc1ccccc1. The molecule has 2 aromatic carbocycles. The summed E-state index contributed by atoms with van der Waals surface area (Å²) in [5.41, 5.74) is 6.97. The first kappa shape index (κ1) is 15.9. The minimum Gasteiger partial charge on any atom is -0.493 e. The zero-order valence-electron chi connectivity index (χ0n) is 12.1. The number of benzene rings is 2. The van der Waals surface area contributed by atoms with Crippen LogP contribution in [0.15, 0.2) is 53.0 Å². The van der Waals surface area contributed by atoms with E-state index >= 15 is 0 Å². The van der Waals surface area contributed by atoms with Gasteiger partial charge in [0, 0.05) is 22.5 Å². The van der Waals surface area contributed by atoms with Crippen LogP contribution >= 0.6 is 15.9 Å². The molecule has 0 saturated carbocycles. The van der Waals surface area contributed by atoms with Gasteiger partial charge in [0.2, 0.25) is 0 Å². The van der Waals surface area contributed by atoms with Crippen molar-refractivity contribution in [3.05, 3.63) is 58.6 Å². The third kappa shape index (κ3) is 5.06. The molecule has 4 heteroatoms. The molecule has 2 aromatic rings. The second-order valence-electron chi connectivity index (χ2n) is 4.83. The quantitative estimate of drug-likeness (QED) is 0.757. The molecule has 0 aromatic heterocycles. The molecule has 0 bridgehead atoms. The van der Waals surface area contributed by atoms with Gasteiger partial charge in [-0.15, -0.1) is 0 Å². The average Bonchev–Trinajstić information content (AvgIpc) is 2.49. The Morgan fingerprint density at radius 3 is 2.48 bits per heavy atom. The van der Waals surface area contributed by atoms with Crippen LogP contribution < -0.4 is 15.2 Å². The summed E-state index contributed by atoms with van der Waals surface area (Å²) >= 11 is 3.45. The number of para-hydroxylation sites is 1. The number of nitrogens with two attached hydrogens (primary N) is 1. The zero-order valence-corrected chi connectivity index (χ0v) is 13.7. The molecular weight excluding hydrogens is 330 g/mol. The number of rotatable bonds is 7. The Hall–Kier alpha value is -1.52. The Morgan fingerprint density at radius 1 is 1.05 bits per heavy atom. The summed E-state index contributed by atoms with van der Waals surface area (Å²) in [4.78, 5) is 0. The molecule has 0 radical (unpaired) electrons. The van der Waals surface area contributed by atoms with Crippen molar-refractivity contribution < 1.29 is 9.47 Å². The molecule has 0 saturated heterocycles. The van der Waals surface area contributed by atoms with Crippen LogP contribution in [0.2, 0.25) is 0 Å². The van der Waals surface area contributed by atoms with E-state index in [9.17, 15) is 0 Å². The lowest BCUT2D eigenvalue weighted by atomic mass is 10.1. The van der Waals surface area contributed by atoms with Gasteiger partial charge >= 0.3 is 0 Å². The second kappa shape index (κ2) is 8.05. The number of hydrogen-bond donors (Lipinski definition) is 1. The van der Waals surface area contributed by atoms with Crippen molar-refractivity contribution in [1.82, 2.24) is 0 Å². The van der Waals surface area contributed by atoms with Gasteiger partial charge in [-0.1, -0.05) is 34.1 Å². The lowest BCUT2D eigenvalue weighted by molar-refractivity contribution is 0.245. The van der Waals surface area contributed by atoms with Crippen molar-refractivity contribution in [2.75, 3.05) is 13.2 Å². The van der Waals surface area contributed by atoms with Gasteiger partial charge < -0.3 is 15.2 Å². The molecule has 0 aliphatic heterocycles. The predicted octanol–water partition coefficient (Wildman–Crippen LogP) is 4.32. The van der Waals surface area contributed by atoms with Gasteiger partial charge in [-0.05, 0) is 37.3 Å². The standard InChI is InChI=1S/C17H20BrNO2/c1-13(19)16-12-14(18)8-9-17(16)21-11-5-10-20-15-6-3-2-4-7-15/h2-4,6-9,12-13H,5,10-11,19H2,1H3/t13-/m1/s1. The van der Waals surface area contributed by atoms with E-state index in [1.165, 1.54) is 0 Å². The van der Waals surface area contributed by atoms with Gasteiger partial charge in [-0.3, -0.25) is 0 Å². The molecule has 0 aliphatic rings. The second-order valence-corrected chi connectivity index (χ2v) is 5.75. The molecule has 2 N–H and O–H groups in total. The fraction of sp³-hybridized carbons (Fsp3) is 0.294. The van der Waals surface area contributed by atoms with Crippen molar-refractivity contribution in [3.8, 4) is 11.5 Å². The van der Waals surface area contributed by atoms with E-state index in [2.05, 4.69) is 15.9 Å². The van der Waals surface area contributed by atoms with E-state index in [1.54, 1.807) is 0 Å². The summed E-state index contributed by atoms with van der Waals surface area (Å²) < 4.78 is 12.4. The largest absolute Gasteiger partial charge is 0.493 e. The number of halogens is 1. The molecule has 112 valence electrons. The molecule has 0 amide bonds. The Labute approximate surface area is 134 Å². The van der Waals surface area contributed by atoms with Gasteiger partial charge in [0.1, 0.15) is 11.5 Å². The smallest absolute Gasteiger partial charge is 0.124 e. The number of ether oxygens (including phenoxy) is 2. The molecule has 0 spiro atoms. The minimum atomic E-state index is -0.0573. The molecule has 2 rings (SSSR count). The summed E-state index contributed by atoms with van der Waals surface area (Å²) in [6.45, 7) is 3.19. The highest BCUT2D eigenvalue weighted by Gasteiger charge is 2.08. The van der Waals surface area contributed by atoms with Gasteiger partial charge in [0.15, 0.2) is 0 Å². The van der Waals surface area contributed by atoms with Gasteiger partial charge in [-0.25, -0.2) is 0 Å². The summed E-state index contributed by atoms with van der Waals surface area (Å²) in [6.07, 6.45) is 0.823. The Balaban J connectivity index is 1.78. The van der Waals surface area contributed by atoms with Gasteiger partial charge in [0.05, 0.1) is 13.2 Å². The zero-order chi connectivity index (χ0) is 15.1. The average molecular weight is 350 g/mol. The Bertz CT molecular complexity index is 558. The summed E-state index contributed by atoms with van der Waals surface area (Å²) in [5.74, 6) is 1.73. The molecule has 0 heterocycles. The topological polar surface area (TPSA) is 44.5 Å². The van der Waals surface area contributed by atoms with Crippen LogP contribution in [0.25, 0.3) is 0 Å². The maximum Gasteiger partial charge on any atom is 0.124 e. The van der Waals surface area contributed by atoms with Crippen LogP contribution in [0, 0.1) is 0 Å². The number of hydrogen-bond acceptors (Lipinski definition) is 3. The van der Waals surface area contributed by atoms with E-state index in [4.69, 9.17) is 15.2 Å². The van der Waals surface area contributed by atoms with Crippen molar-refractivity contribution >= 4 is 15.9 Å². The first-order chi connectivity index (χ1) is 10.2. The van der Waals surface area contributed by atoms with Crippen molar-refractivity contribution in [3.63, 3.8) is 0 Å². The highest BCUT2D eigenvalue weighted by Crippen LogP contribution is 2.27. The highest BCUT2D eigenvalue weighted by molar-refractivity contribution is 9.10. The maximum absolute atomic E-state index is 5.96. The molecule has 0 aliphatic carbocycles. The van der Waals surface area contributed by atoms with Crippen LogP contribution in [0.4, 0.5) is 0 Å². The van der Waals surface area contributed by atoms with E-state index in [-0.39, 0.29) is 6.04 Å². The fourth-order valence-electron chi connectivity index (χ4n) is 1.95. The van der Waals surface area contributed by atoms with Crippen LogP contribution in [0.3, 0.4) is 0 Å². The van der Waals surface area contributed by atoms with Crippen molar-refractivity contribution in [2.24, 2.45) is 5.73 Å². The monoisotopic (exact) mass is 349 g/mol. The third-order valence-electron chi connectivity index (χ3n) is 3.02. The van der Waals surface area contributed by atoms with E-state index in [0.29, 0.717) is 13.2 Å². The Morgan fingerprint density at radius 2 is 1.76 bits per heavy atom. The van der Waals surface area contributed by atoms with Crippen LogP contribution in [-0.4, -0.2) is 13.2 Å². The van der Waals surface area contributed by atoms with Crippen LogP contribution in [0.5, 0.6) is 11.5 Å². The molecule has 0 fully saturated rings. The molecule has 0 unspecified atom stereocenters. The maximum atomic E-state index is 5.96. The first-order valence-corrected chi connectivity index (χ1v) is 7.82. The van der Waals surface area contributed by atoms with E-state index in [0.717, 1.165) is 28.0 Å². The summed E-state index contributed by atoms with van der Waals surface area (Å²) in [5, 5.41) is 0. The third-order valence-corrected chi connectivity index (χ3v) is 3.51. The van der Waals surface area contributed by atoms with E-state index < -0.39 is 0 Å². The highest BCUT2D eigenvalue weighted by atomic mass is 79.9. The minimum absolute atomic E-state index is 0.0573. The van der Waals surface area contributed by atoms with Crippen molar-refractivity contribution in [2.45, 2.75) is 19.4 Å². The molecular formula is C17H20BrNO2. The Kier molecular flexibility index (Phi) is 6.08. The van der Waals surface area contributed by atoms with Crippen LogP contribution in [0.1, 0.15) is 24.9 Å². The van der Waals surface area contributed by atoms with Gasteiger partial charge in [0.25, 0.3) is 0 Å². The first-order valence-electron chi connectivity index (χ1n) is 7.02. The molecule has 21 heavy (non-hydrogen) atoms. The molecule has 3 nitrogen and oxygen atoms in total. The lowest BCUT2D eigenvalue weighted by Crippen LogP contribution is -2.10. The predicted molar refractivity (Wildman–Crippen MR) is 88.8 cm³/mol. The summed E-state index contributed by atoms with van der Waals surface area (Å²) in [7, 11) is 0. The normalized spacial score (nSPS) is 12.0.